The van der Waals surface area contributed by atoms with Gasteiger partial charge < -0.3 is 10.2 Å². The summed E-state index contributed by atoms with van der Waals surface area (Å²) >= 11 is 6.20. The number of carbonyl (C=O) groups is 2. The molecule has 0 heterocycles. The van der Waals surface area contributed by atoms with Crippen LogP contribution in [0.25, 0.3) is 0 Å². The van der Waals surface area contributed by atoms with E-state index in [-0.39, 0.29) is 5.02 Å². The zero-order chi connectivity index (χ0) is 19.6. The molecule has 0 saturated carbocycles. The number of benzene rings is 2. The van der Waals surface area contributed by atoms with Crippen LogP contribution in [0.15, 0.2) is 24.3 Å². The van der Waals surface area contributed by atoms with E-state index in [2.05, 4.69) is 5.32 Å². The van der Waals surface area contributed by atoms with Crippen LogP contribution in [0.3, 0.4) is 0 Å². The summed E-state index contributed by atoms with van der Waals surface area (Å²) < 4.78 is 39.9. The van der Waals surface area contributed by atoms with Crippen LogP contribution in [0.1, 0.15) is 18.1 Å². The molecule has 2 aromatic rings. The number of anilines is 2. The molecule has 2 rings (SSSR count). The SMILES string of the molecule is CC(=O)N(CC(=O)Nc1ccc(F)c(F)c1F)c1c(C)cc(C)cc1Cl. The number of nitrogens with one attached hydrogen (secondary N) is 1. The lowest BCUT2D eigenvalue weighted by Gasteiger charge is -2.24. The molecule has 0 aliphatic rings. The quantitative estimate of drug-likeness (QED) is 0.796. The number of aryl methyl sites for hydroxylation is 2. The van der Waals surface area contributed by atoms with E-state index in [9.17, 15) is 22.8 Å². The first-order valence-electron chi connectivity index (χ1n) is 7.60. The first kappa shape index (κ1) is 19.8. The first-order chi connectivity index (χ1) is 12.1. The summed E-state index contributed by atoms with van der Waals surface area (Å²) in [4.78, 5) is 25.3. The highest BCUT2D eigenvalue weighted by molar-refractivity contribution is 6.34. The number of hydrogen-bond acceptors (Lipinski definition) is 2. The van der Waals surface area contributed by atoms with Crippen molar-refractivity contribution in [1.29, 1.82) is 0 Å². The number of hydrogen-bond donors (Lipinski definition) is 1. The molecular weight excluding hydrogens is 369 g/mol. The topological polar surface area (TPSA) is 49.4 Å². The number of halogens is 4. The highest BCUT2D eigenvalue weighted by atomic mass is 35.5. The van der Waals surface area contributed by atoms with Gasteiger partial charge in [0.25, 0.3) is 0 Å². The van der Waals surface area contributed by atoms with Gasteiger partial charge in [-0.1, -0.05) is 17.7 Å². The molecule has 8 heteroatoms. The Hall–Kier alpha value is -2.54. The third-order valence-corrected chi connectivity index (χ3v) is 3.95. The van der Waals surface area contributed by atoms with Crippen LogP contribution in [0.4, 0.5) is 24.5 Å². The van der Waals surface area contributed by atoms with Crippen LogP contribution in [0, 0.1) is 31.3 Å². The van der Waals surface area contributed by atoms with Crippen molar-refractivity contribution in [1.82, 2.24) is 0 Å². The van der Waals surface area contributed by atoms with Crippen molar-refractivity contribution >= 4 is 34.8 Å². The van der Waals surface area contributed by atoms with Crippen LogP contribution < -0.4 is 10.2 Å². The van der Waals surface area contributed by atoms with E-state index in [0.717, 1.165) is 16.5 Å². The minimum absolute atomic E-state index is 0.282. The Morgan fingerprint density at radius 1 is 1.12 bits per heavy atom. The number of carbonyl (C=O) groups excluding carboxylic acids is 2. The largest absolute Gasteiger partial charge is 0.322 e. The summed E-state index contributed by atoms with van der Waals surface area (Å²) in [6.45, 7) is 4.34. The van der Waals surface area contributed by atoms with Gasteiger partial charge in [0.2, 0.25) is 11.8 Å². The molecule has 0 aromatic heterocycles. The zero-order valence-corrected chi connectivity index (χ0v) is 15.0. The molecule has 0 radical (unpaired) electrons. The molecule has 4 nitrogen and oxygen atoms in total. The second kappa shape index (κ2) is 7.78. The summed E-state index contributed by atoms with van der Waals surface area (Å²) in [5, 5.41) is 2.41. The predicted molar refractivity (Wildman–Crippen MR) is 93.9 cm³/mol. The van der Waals surface area contributed by atoms with Gasteiger partial charge in [-0.25, -0.2) is 13.2 Å². The maximum Gasteiger partial charge on any atom is 0.244 e. The number of nitrogens with zero attached hydrogens (tertiary/aromatic N) is 1. The smallest absolute Gasteiger partial charge is 0.244 e. The molecule has 26 heavy (non-hydrogen) atoms. The Labute approximate surface area is 153 Å². The van der Waals surface area contributed by atoms with E-state index < -0.39 is 41.5 Å². The Morgan fingerprint density at radius 2 is 1.77 bits per heavy atom. The number of rotatable bonds is 4. The molecule has 0 aliphatic heterocycles. The van der Waals surface area contributed by atoms with Crippen molar-refractivity contribution in [3.05, 3.63) is 57.9 Å². The summed E-state index contributed by atoms with van der Waals surface area (Å²) in [7, 11) is 0. The Morgan fingerprint density at radius 3 is 2.35 bits per heavy atom. The average molecular weight is 385 g/mol. The van der Waals surface area contributed by atoms with Crippen molar-refractivity contribution in [3.8, 4) is 0 Å². The molecule has 0 bridgehead atoms. The third-order valence-electron chi connectivity index (χ3n) is 3.66. The van der Waals surface area contributed by atoms with Crippen molar-refractivity contribution in [2.75, 3.05) is 16.8 Å². The summed E-state index contributed by atoms with van der Waals surface area (Å²) in [6, 6.07) is 5.03. The highest BCUT2D eigenvalue weighted by Gasteiger charge is 2.22. The van der Waals surface area contributed by atoms with Gasteiger partial charge in [-0.05, 0) is 43.2 Å². The van der Waals surface area contributed by atoms with E-state index in [1.165, 1.54) is 6.92 Å². The van der Waals surface area contributed by atoms with E-state index in [4.69, 9.17) is 11.6 Å². The molecule has 2 aromatic carbocycles. The Kier molecular flexibility index (Phi) is 5.92. The molecule has 0 aliphatic carbocycles. The molecular formula is C18H16ClF3N2O2. The molecule has 0 atom stereocenters. The van der Waals surface area contributed by atoms with E-state index in [1.807, 2.05) is 6.92 Å². The lowest BCUT2D eigenvalue weighted by atomic mass is 10.1. The fourth-order valence-electron chi connectivity index (χ4n) is 2.55. The second-order valence-corrected chi connectivity index (χ2v) is 6.20. The van der Waals surface area contributed by atoms with Crippen molar-refractivity contribution in [2.45, 2.75) is 20.8 Å². The molecule has 0 unspecified atom stereocenters. The van der Waals surface area contributed by atoms with Crippen molar-refractivity contribution in [3.63, 3.8) is 0 Å². The minimum Gasteiger partial charge on any atom is -0.322 e. The van der Waals surface area contributed by atoms with Gasteiger partial charge >= 0.3 is 0 Å². The average Bonchev–Trinajstić information content (AvgIpc) is 2.53. The van der Waals surface area contributed by atoms with Gasteiger partial charge in [0, 0.05) is 6.92 Å². The monoisotopic (exact) mass is 384 g/mol. The third kappa shape index (κ3) is 4.16. The van der Waals surface area contributed by atoms with Gasteiger partial charge in [-0.3, -0.25) is 9.59 Å². The molecule has 1 N–H and O–H groups in total. The van der Waals surface area contributed by atoms with Crippen molar-refractivity contribution < 1.29 is 22.8 Å². The Balaban J connectivity index is 2.28. The summed E-state index contributed by atoms with van der Waals surface area (Å²) in [5.74, 6) is -5.82. The Bertz CT molecular complexity index is 864. The van der Waals surface area contributed by atoms with Gasteiger partial charge in [-0.2, -0.15) is 0 Å². The first-order valence-corrected chi connectivity index (χ1v) is 7.97. The second-order valence-electron chi connectivity index (χ2n) is 5.79. The van der Waals surface area contributed by atoms with Crippen LogP contribution >= 0.6 is 11.6 Å². The predicted octanol–water partition coefficient (Wildman–Crippen LogP) is 4.37. The maximum absolute atomic E-state index is 13.7. The summed E-state index contributed by atoms with van der Waals surface area (Å²) in [6.07, 6.45) is 0. The fraction of sp³-hybridized carbons (Fsp3) is 0.222. The fourth-order valence-corrected chi connectivity index (χ4v) is 2.98. The maximum atomic E-state index is 13.7. The standard InChI is InChI=1S/C18H16ClF3N2O2/c1-9-6-10(2)18(12(19)7-9)24(11(3)25)8-15(26)23-14-5-4-13(20)16(21)17(14)22/h4-7H,8H2,1-3H3,(H,23,26). The molecule has 138 valence electrons. The van der Waals surface area contributed by atoms with Gasteiger partial charge in [0.05, 0.1) is 16.4 Å². The van der Waals surface area contributed by atoms with Crippen LogP contribution in [0.5, 0.6) is 0 Å². The van der Waals surface area contributed by atoms with Crippen LogP contribution in [0.2, 0.25) is 5.02 Å². The van der Waals surface area contributed by atoms with Crippen LogP contribution in [-0.4, -0.2) is 18.4 Å². The highest BCUT2D eigenvalue weighted by Crippen LogP contribution is 2.31. The van der Waals surface area contributed by atoms with Crippen molar-refractivity contribution in [2.24, 2.45) is 0 Å². The lowest BCUT2D eigenvalue weighted by Crippen LogP contribution is -2.37. The van der Waals surface area contributed by atoms with Gasteiger partial charge in [0.15, 0.2) is 17.5 Å². The van der Waals surface area contributed by atoms with E-state index in [1.54, 1.807) is 19.1 Å². The minimum atomic E-state index is -1.69. The zero-order valence-electron chi connectivity index (χ0n) is 14.3. The van der Waals surface area contributed by atoms with E-state index in [0.29, 0.717) is 17.3 Å². The molecule has 0 spiro atoms. The van der Waals surface area contributed by atoms with Gasteiger partial charge in [-0.15, -0.1) is 0 Å². The van der Waals surface area contributed by atoms with Gasteiger partial charge in [0.1, 0.15) is 6.54 Å². The molecule has 0 saturated heterocycles. The number of amides is 2. The molecule has 0 fully saturated rings. The van der Waals surface area contributed by atoms with Crippen LogP contribution in [-0.2, 0) is 9.59 Å². The molecule has 2 amide bonds. The summed E-state index contributed by atoms with van der Waals surface area (Å²) in [5.41, 5.74) is 1.39. The van der Waals surface area contributed by atoms with E-state index >= 15 is 0 Å². The lowest BCUT2D eigenvalue weighted by molar-refractivity contribution is -0.120. The normalized spacial score (nSPS) is 10.6.